The summed E-state index contributed by atoms with van der Waals surface area (Å²) in [4.78, 5) is 12.7. The largest absolute Gasteiger partial charge is 0.487 e. The number of carbonyl (C=O) groups is 1. The van der Waals surface area contributed by atoms with Gasteiger partial charge in [-0.1, -0.05) is 36.4 Å². The van der Waals surface area contributed by atoms with E-state index in [9.17, 15) is 13.2 Å². The summed E-state index contributed by atoms with van der Waals surface area (Å²) in [5.41, 5.74) is 0.479. The number of para-hydroxylation sites is 1. The van der Waals surface area contributed by atoms with Crippen molar-refractivity contribution in [3.8, 4) is 5.75 Å². The molecule has 0 spiro atoms. The quantitative estimate of drug-likeness (QED) is 0.855. The van der Waals surface area contributed by atoms with E-state index >= 15 is 0 Å². The first kappa shape index (κ1) is 19.4. The molecule has 0 saturated heterocycles. The predicted octanol–water partition coefficient (Wildman–Crippen LogP) is 2.73. The minimum absolute atomic E-state index is 0.165. The summed E-state index contributed by atoms with van der Waals surface area (Å²) in [6.07, 6.45) is 0.602. The third kappa shape index (κ3) is 4.31. The van der Waals surface area contributed by atoms with Crippen LogP contribution in [-0.2, 0) is 14.8 Å². The van der Waals surface area contributed by atoms with Crippen molar-refractivity contribution in [3.05, 3.63) is 60.2 Å². The number of amides is 1. The fourth-order valence-corrected chi connectivity index (χ4v) is 4.38. The summed E-state index contributed by atoms with van der Waals surface area (Å²) >= 11 is 0. The Balaban J connectivity index is 1.73. The number of rotatable bonds is 5. The molecule has 2 aromatic carbocycles. The van der Waals surface area contributed by atoms with Crippen LogP contribution >= 0.6 is 0 Å². The summed E-state index contributed by atoms with van der Waals surface area (Å²) in [7, 11) is -2.30. The minimum Gasteiger partial charge on any atom is -0.487 e. The monoisotopic (exact) mass is 388 g/mol. The van der Waals surface area contributed by atoms with E-state index in [0.717, 1.165) is 15.6 Å². The zero-order chi connectivity index (χ0) is 19.7. The summed E-state index contributed by atoms with van der Waals surface area (Å²) in [6.45, 7) is 3.68. The maximum absolute atomic E-state index is 12.6. The number of fused-ring (bicyclic) bond motifs is 1. The molecule has 3 rings (SSSR count). The lowest BCUT2D eigenvalue weighted by Crippen LogP contribution is -2.44. The molecular weight excluding hydrogens is 364 g/mol. The minimum atomic E-state index is -3.71. The van der Waals surface area contributed by atoms with Crippen molar-refractivity contribution >= 4 is 15.9 Å². The smallest absolute Gasteiger partial charge is 0.243 e. The maximum atomic E-state index is 12.6. The number of sulfonamides is 1. The number of hydrogen-bond acceptors (Lipinski definition) is 4. The van der Waals surface area contributed by atoms with Gasteiger partial charge in [-0.05, 0) is 32.0 Å². The number of nitrogens with one attached hydrogen (secondary N) is 1. The van der Waals surface area contributed by atoms with E-state index in [1.165, 1.54) is 19.2 Å². The molecule has 0 bridgehead atoms. The molecule has 0 fully saturated rings. The van der Waals surface area contributed by atoms with Gasteiger partial charge in [0.1, 0.15) is 11.4 Å². The Kier molecular flexibility index (Phi) is 5.26. The molecule has 1 unspecified atom stereocenters. The summed E-state index contributed by atoms with van der Waals surface area (Å²) in [6, 6.07) is 15.4. The van der Waals surface area contributed by atoms with Crippen LogP contribution in [0.15, 0.2) is 59.5 Å². The van der Waals surface area contributed by atoms with Gasteiger partial charge in [0.25, 0.3) is 0 Å². The van der Waals surface area contributed by atoms with Gasteiger partial charge in [-0.15, -0.1) is 0 Å². The number of benzene rings is 2. The van der Waals surface area contributed by atoms with Gasteiger partial charge in [-0.2, -0.15) is 4.31 Å². The zero-order valence-electron chi connectivity index (χ0n) is 15.7. The van der Waals surface area contributed by atoms with Crippen LogP contribution in [0.1, 0.15) is 31.9 Å². The molecule has 1 aliphatic heterocycles. The van der Waals surface area contributed by atoms with E-state index in [4.69, 9.17) is 4.74 Å². The van der Waals surface area contributed by atoms with E-state index in [0.29, 0.717) is 6.42 Å². The fraction of sp³-hybridized carbons (Fsp3) is 0.350. The highest BCUT2D eigenvalue weighted by atomic mass is 32.2. The Bertz CT molecular complexity index is 926. The molecule has 6 nitrogen and oxygen atoms in total. The SMILES string of the molecule is CN(CC(=O)NC1CC(C)(C)Oc2ccccc21)S(=O)(=O)c1ccccc1. The second kappa shape index (κ2) is 7.32. The van der Waals surface area contributed by atoms with Crippen molar-refractivity contribution in [1.29, 1.82) is 0 Å². The molecule has 0 aromatic heterocycles. The first-order valence-corrected chi connectivity index (χ1v) is 10.2. The van der Waals surface area contributed by atoms with Gasteiger partial charge < -0.3 is 10.1 Å². The topological polar surface area (TPSA) is 75.7 Å². The average Bonchev–Trinajstić information content (AvgIpc) is 2.61. The highest BCUT2D eigenvalue weighted by Crippen LogP contribution is 2.39. The van der Waals surface area contributed by atoms with E-state index in [2.05, 4.69) is 5.32 Å². The van der Waals surface area contributed by atoms with E-state index < -0.39 is 15.6 Å². The third-order valence-electron chi connectivity index (χ3n) is 4.53. The van der Waals surface area contributed by atoms with Crippen molar-refractivity contribution in [2.24, 2.45) is 0 Å². The maximum Gasteiger partial charge on any atom is 0.243 e. The zero-order valence-corrected chi connectivity index (χ0v) is 16.5. The number of ether oxygens (including phenoxy) is 1. The van der Waals surface area contributed by atoms with Crippen LogP contribution in [0.25, 0.3) is 0 Å². The molecular formula is C20H24N2O4S. The standard InChI is InChI=1S/C20H24N2O4S/c1-20(2)13-17(16-11-7-8-12-18(16)26-20)21-19(23)14-22(3)27(24,25)15-9-5-4-6-10-15/h4-12,17H,13-14H2,1-3H3,(H,21,23). The van der Waals surface area contributed by atoms with E-state index in [-0.39, 0.29) is 23.4 Å². The lowest BCUT2D eigenvalue weighted by atomic mass is 9.89. The van der Waals surface area contributed by atoms with Gasteiger partial charge in [-0.25, -0.2) is 8.42 Å². The molecule has 7 heteroatoms. The van der Waals surface area contributed by atoms with Gasteiger partial charge in [0, 0.05) is 19.0 Å². The van der Waals surface area contributed by atoms with E-state index in [1.807, 2.05) is 38.1 Å². The lowest BCUT2D eigenvalue weighted by Gasteiger charge is -2.38. The van der Waals surface area contributed by atoms with Crippen molar-refractivity contribution < 1.29 is 17.9 Å². The van der Waals surface area contributed by atoms with Gasteiger partial charge in [0.05, 0.1) is 17.5 Å². The molecule has 1 N–H and O–H groups in total. The second-order valence-corrected chi connectivity index (χ2v) is 9.34. The van der Waals surface area contributed by atoms with Crippen LogP contribution in [0.5, 0.6) is 5.75 Å². The number of nitrogens with zero attached hydrogens (tertiary/aromatic N) is 1. The van der Waals surface area contributed by atoms with Crippen LogP contribution in [0, 0.1) is 0 Å². The molecule has 1 atom stereocenters. The van der Waals surface area contributed by atoms with Crippen LogP contribution in [0.2, 0.25) is 0 Å². The Hall–Kier alpha value is -2.38. The Labute approximate surface area is 160 Å². The Morgan fingerprint density at radius 3 is 2.48 bits per heavy atom. The Morgan fingerprint density at radius 2 is 1.78 bits per heavy atom. The highest BCUT2D eigenvalue weighted by molar-refractivity contribution is 7.89. The number of carbonyl (C=O) groups excluding carboxylic acids is 1. The van der Waals surface area contributed by atoms with Gasteiger partial charge in [0.2, 0.25) is 15.9 Å². The predicted molar refractivity (Wildman–Crippen MR) is 103 cm³/mol. The van der Waals surface area contributed by atoms with Crippen LogP contribution in [-0.4, -0.2) is 37.8 Å². The number of likely N-dealkylation sites (N-methyl/N-ethyl adjacent to an activating group) is 1. The highest BCUT2D eigenvalue weighted by Gasteiger charge is 2.34. The average molecular weight is 388 g/mol. The van der Waals surface area contributed by atoms with Crippen LogP contribution < -0.4 is 10.1 Å². The molecule has 0 aliphatic carbocycles. The molecule has 1 aliphatic rings. The molecule has 2 aromatic rings. The van der Waals surface area contributed by atoms with Gasteiger partial charge in [0.15, 0.2) is 0 Å². The molecule has 1 amide bonds. The van der Waals surface area contributed by atoms with Crippen LogP contribution in [0.4, 0.5) is 0 Å². The molecule has 0 radical (unpaired) electrons. The second-order valence-electron chi connectivity index (χ2n) is 7.30. The third-order valence-corrected chi connectivity index (χ3v) is 6.35. The normalized spacial score (nSPS) is 18.4. The molecule has 144 valence electrons. The van der Waals surface area contributed by atoms with Crippen molar-refractivity contribution in [3.63, 3.8) is 0 Å². The van der Waals surface area contributed by atoms with E-state index in [1.54, 1.807) is 18.2 Å². The van der Waals surface area contributed by atoms with Gasteiger partial charge >= 0.3 is 0 Å². The molecule has 27 heavy (non-hydrogen) atoms. The first-order chi connectivity index (χ1) is 12.7. The summed E-state index contributed by atoms with van der Waals surface area (Å²) in [5, 5.41) is 2.96. The summed E-state index contributed by atoms with van der Waals surface area (Å²) in [5.74, 6) is 0.388. The fourth-order valence-electron chi connectivity index (χ4n) is 3.23. The van der Waals surface area contributed by atoms with Crippen molar-refractivity contribution in [1.82, 2.24) is 9.62 Å². The summed E-state index contributed by atoms with van der Waals surface area (Å²) < 4.78 is 32.2. The van der Waals surface area contributed by atoms with Crippen molar-refractivity contribution in [2.75, 3.05) is 13.6 Å². The Morgan fingerprint density at radius 1 is 1.15 bits per heavy atom. The number of hydrogen-bond donors (Lipinski definition) is 1. The molecule has 1 heterocycles. The van der Waals surface area contributed by atoms with Gasteiger partial charge in [-0.3, -0.25) is 4.79 Å². The first-order valence-electron chi connectivity index (χ1n) is 8.78. The van der Waals surface area contributed by atoms with Crippen molar-refractivity contribution in [2.45, 2.75) is 36.8 Å². The lowest BCUT2D eigenvalue weighted by molar-refractivity contribution is -0.122. The van der Waals surface area contributed by atoms with Crippen LogP contribution in [0.3, 0.4) is 0 Å². The molecule has 0 saturated carbocycles.